The summed E-state index contributed by atoms with van der Waals surface area (Å²) in [6, 6.07) is 0. The van der Waals surface area contributed by atoms with Crippen LogP contribution < -0.4 is 5.73 Å². The first-order valence-electron chi connectivity index (χ1n) is 4.30. The molecule has 0 amide bonds. The summed E-state index contributed by atoms with van der Waals surface area (Å²) >= 11 is 0. The van der Waals surface area contributed by atoms with E-state index in [0.29, 0.717) is 0 Å². The molecule has 0 aliphatic heterocycles. The van der Waals surface area contributed by atoms with Crippen LogP contribution in [0.1, 0.15) is 25.7 Å². The lowest BCUT2D eigenvalue weighted by Gasteiger charge is -2.26. The second-order valence-electron chi connectivity index (χ2n) is 3.18. The summed E-state index contributed by atoms with van der Waals surface area (Å²) in [5.74, 6) is 0. The maximum absolute atomic E-state index is 6.11. The number of rotatable bonds is 7. The van der Waals surface area contributed by atoms with Crippen molar-refractivity contribution in [1.29, 1.82) is 0 Å². The van der Waals surface area contributed by atoms with E-state index in [4.69, 9.17) is 5.73 Å². The zero-order valence-corrected chi connectivity index (χ0v) is 8.98. The summed E-state index contributed by atoms with van der Waals surface area (Å²) in [5, 5.41) is 0. The van der Waals surface area contributed by atoms with Gasteiger partial charge in [0, 0.05) is 5.54 Å². The molecule has 0 aromatic carbocycles. The van der Waals surface area contributed by atoms with E-state index in [2.05, 4.69) is 19.7 Å². The Morgan fingerprint density at radius 3 is 1.77 bits per heavy atom. The van der Waals surface area contributed by atoms with E-state index >= 15 is 0 Å². The molecule has 0 unspecified atom stereocenters. The van der Waals surface area contributed by atoms with Crippen molar-refractivity contribution in [2.45, 2.75) is 31.2 Å². The number of allylic oxidation sites excluding steroid dienone is 1. The second kappa shape index (κ2) is 8.09. The van der Waals surface area contributed by atoms with Crippen LogP contribution in [0.3, 0.4) is 0 Å². The normalized spacial score (nSPS) is 9.92. The zero-order valence-electron chi connectivity index (χ0n) is 8.17. The average molecular weight is 202 g/mol. The van der Waals surface area contributed by atoms with Crippen LogP contribution in [0.5, 0.6) is 0 Å². The summed E-state index contributed by atoms with van der Waals surface area (Å²) in [6.45, 7) is 11.1. The van der Waals surface area contributed by atoms with Crippen molar-refractivity contribution in [2.24, 2.45) is 5.73 Å². The third kappa shape index (κ3) is 6.62. The summed E-state index contributed by atoms with van der Waals surface area (Å²) in [7, 11) is 0. The minimum Gasteiger partial charge on any atom is -0.325 e. The molecule has 2 heteroatoms. The Balaban J connectivity index is 0. The van der Waals surface area contributed by atoms with Gasteiger partial charge >= 0.3 is 0 Å². The summed E-state index contributed by atoms with van der Waals surface area (Å²) < 4.78 is 0. The van der Waals surface area contributed by atoms with Gasteiger partial charge in [-0.15, -0.1) is 32.1 Å². The van der Waals surface area contributed by atoms with Gasteiger partial charge in [-0.05, 0) is 25.7 Å². The molecule has 0 aliphatic carbocycles. The van der Waals surface area contributed by atoms with Crippen LogP contribution in [0.25, 0.3) is 0 Å². The summed E-state index contributed by atoms with van der Waals surface area (Å²) in [5.41, 5.74) is 5.96. The Bertz CT molecular complexity index is 153. The Labute approximate surface area is 87.8 Å². The highest BCUT2D eigenvalue weighted by atomic mass is 35.5. The van der Waals surface area contributed by atoms with E-state index in [1.807, 2.05) is 18.2 Å². The molecule has 0 saturated heterocycles. The maximum Gasteiger partial charge on any atom is 0.0226 e. The molecular formula is C11H20ClN. The molecule has 0 saturated carbocycles. The molecule has 76 valence electrons. The molecule has 13 heavy (non-hydrogen) atoms. The Morgan fingerprint density at radius 1 is 1.00 bits per heavy atom. The Kier molecular flexibility index (Phi) is 9.31. The number of nitrogens with two attached hydrogens (primary N) is 1. The van der Waals surface area contributed by atoms with Gasteiger partial charge in [-0.1, -0.05) is 18.2 Å². The van der Waals surface area contributed by atoms with E-state index in [0.717, 1.165) is 25.7 Å². The standard InChI is InChI=1S/C11H19N.ClH/c1-4-7-10-11(12,8-5-2)9-6-3;/h4-6H,1-3,7-10,12H2;1H. The zero-order chi connectivity index (χ0) is 9.45. The van der Waals surface area contributed by atoms with Crippen LogP contribution in [-0.4, -0.2) is 5.54 Å². The van der Waals surface area contributed by atoms with Crippen molar-refractivity contribution in [1.82, 2.24) is 0 Å². The summed E-state index contributed by atoms with van der Waals surface area (Å²) in [6.07, 6.45) is 9.22. The molecule has 0 fully saturated rings. The molecule has 0 radical (unpaired) electrons. The first-order chi connectivity index (χ1) is 5.68. The second-order valence-corrected chi connectivity index (χ2v) is 3.18. The van der Waals surface area contributed by atoms with Crippen LogP contribution in [0, 0.1) is 0 Å². The molecule has 0 aromatic heterocycles. The molecule has 0 aliphatic rings. The first-order valence-corrected chi connectivity index (χ1v) is 4.30. The minimum absolute atomic E-state index is 0. The highest BCUT2D eigenvalue weighted by Gasteiger charge is 2.19. The Morgan fingerprint density at radius 2 is 1.46 bits per heavy atom. The molecule has 1 nitrogen and oxygen atoms in total. The molecule has 2 N–H and O–H groups in total. The van der Waals surface area contributed by atoms with Crippen LogP contribution in [-0.2, 0) is 0 Å². The summed E-state index contributed by atoms with van der Waals surface area (Å²) in [4.78, 5) is 0. The maximum atomic E-state index is 6.11. The fraction of sp³-hybridized carbons (Fsp3) is 0.455. The average Bonchev–Trinajstić information content (AvgIpc) is 2.02. The largest absolute Gasteiger partial charge is 0.325 e. The van der Waals surface area contributed by atoms with E-state index in [-0.39, 0.29) is 17.9 Å². The third-order valence-corrected chi connectivity index (χ3v) is 1.95. The van der Waals surface area contributed by atoms with E-state index in [1.165, 1.54) is 0 Å². The van der Waals surface area contributed by atoms with Crippen LogP contribution in [0.4, 0.5) is 0 Å². The van der Waals surface area contributed by atoms with Crippen LogP contribution >= 0.6 is 12.4 Å². The van der Waals surface area contributed by atoms with E-state index in [1.54, 1.807) is 0 Å². The van der Waals surface area contributed by atoms with Crippen LogP contribution in [0.2, 0.25) is 0 Å². The highest BCUT2D eigenvalue weighted by Crippen LogP contribution is 2.19. The fourth-order valence-electron chi connectivity index (χ4n) is 1.25. The molecular weight excluding hydrogens is 182 g/mol. The molecule has 0 atom stereocenters. The molecule has 0 bridgehead atoms. The molecule has 0 rings (SSSR count). The number of halogens is 1. The van der Waals surface area contributed by atoms with Gasteiger partial charge in [0.2, 0.25) is 0 Å². The van der Waals surface area contributed by atoms with Gasteiger partial charge in [-0.2, -0.15) is 0 Å². The quantitative estimate of drug-likeness (QED) is 0.629. The SMILES string of the molecule is C=CCCC(N)(CC=C)CC=C.Cl. The molecule has 0 aromatic rings. The Hall–Kier alpha value is -0.530. The predicted octanol–water partition coefficient (Wildman–Crippen LogP) is 3.22. The third-order valence-electron chi connectivity index (χ3n) is 1.95. The van der Waals surface area contributed by atoms with Crippen LogP contribution in [0.15, 0.2) is 38.0 Å². The monoisotopic (exact) mass is 201 g/mol. The smallest absolute Gasteiger partial charge is 0.0226 e. The van der Waals surface area contributed by atoms with Gasteiger partial charge in [-0.3, -0.25) is 0 Å². The van der Waals surface area contributed by atoms with Crippen molar-refractivity contribution >= 4 is 12.4 Å². The lowest BCUT2D eigenvalue weighted by molar-refractivity contribution is 0.405. The van der Waals surface area contributed by atoms with Gasteiger partial charge in [-0.25, -0.2) is 0 Å². The molecule has 0 heterocycles. The highest BCUT2D eigenvalue weighted by molar-refractivity contribution is 5.85. The number of hydrogen-bond acceptors (Lipinski definition) is 1. The number of hydrogen-bond donors (Lipinski definition) is 1. The topological polar surface area (TPSA) is 26.0 Å². The fourth-order valence-corrected chi connectivity index (χ4v) is 1.25. The van der Waals surface area contributed by atoms with Crippen molar-refractivity contribution in [3.63, 3.8) is 0 Å². The van der Waals surface area contributed by atoms with Crippen molar-refractivity contribution in [3.05, 3.63) is 38.0 Å². The van der Waals surface area contributed by atoms with Gasteiger partial charge < -0.3 is 5.73 Å². The van der Waals surface area contributed by atoms with Gasteiger partial charge in [0.1, 0.15) is 0 Å². The predicted molar refractivity (Wildman–Crippen MR) is 63.2 cm³/mol. The lowest BCUT2D eigenvalue weighted by atomic mass is 9.87. The van der Waals surface area contributed by atoms with Crippen molar-refractivity contribution in [2.75, 3.05) is 0 Å². The van der Waals surface area contributed by atoms with Crippen molar-refractivity contribution < 1.29 is 0 Å². The van der Waals surface area contributed by atoms with E-state index in [9.17, 15) is 0 Å². The van der Waals surface area contributed by atoms with Gasteiger partial charge in [0.25, 0.3) is 0 Å². The first kappa shape index (κ1) is 15.0. The minimum atomic E-state index is -0.155. The van der Waals surface area contributed by atoms with Gasteiger partial charge in [0.05, 0.1) is 0 Å². The van der Waals surface area contributed by atoms with Crippen molar-refractivity contribution in [3.8, 4) is 0 Å². The lowest BCUT2D eigenvalue weighted by Crippen LogP contribution is -2.38. The molecule has 0 spiro atoms. The van der Waals surface area contributed by atoms with Gasteiger partial charge in [0.15, 0.2) is 0 Å². The van der Waals surface area contributed by atoms with E-state index < -0.39 is 0 Å².